The maximum Gasteiger partial charge on any atom is 0.248 e. The molecule has 0 aromatic heterocycles. The van der Waals surface area contributed by atoms with Crippen LogP contribution in [0.2, 0.25) is 0 Å². The van der Waals surface area contributed by atoms with Gasteiger partial charge in [-0.25, -0.2) is 0 Å². The fourth-order valence-corrected chi connectivity index (χ4v) is 3.68. The lowest BCUT2D eigenvalue weighted by Gasteiger charge is -2.15. The van der Waals surface area contributed by atoms with Gasteiger partial charge in [-0.05, 0) is 64.4 Å². The zero-order valence-electron chi connectivity index (χ0n) is 16.3. The van der Waals surface area contributed by atoms with E-state index in [1.54, 1.807) is 12.2 Å². The van der Waals surface area contributed by atoms with E-state index in [2.05, 4.69) is 47.8 Å². The molecule has 0 heterocycles. The molecule has 0 fully saturated rings. The van der Waals surface area contributed by atoms with Crippen LogP contribution in [0.3, 0.4) is 0 Å². The van der Waals surface area contributed by atoms with Gasteiger partial charge in [-0.3, -0.25) is 4.79 Å². The van der Waals surface area contributed by atoms with E-state index < -0.39 is 0 Å². The first-order valence-corrected chi connectivity index (χ1v) is 9.90. The normalized spacial score (nSPS) is 12.7. The second kappa shape index (κ2) is 8.72. The van der Waals surface area contributed by atoms with Crippen molar-refractivity contribution in [1.29, 1.82) is 0 Å². The predicted molar refractivity (Wildman–Crippen MR) is 121 cm³/mol. The SMILES string of the molecule is NCc1ccccc1C=CC(=O)Nc1ccc(-c2cccc3c2C=CCC3)cc1. The third kappa shape index (κ3) is 4.36. The number of rotatable bonds is 5. The topological polar surface area (TPSA) is 55.1 Å². The highest BCUT2D eigenvalue weighted by Crippen LogP contribution is 2.31. The molecule has 1 aliphatic carbocycles. The summed E-state index contributed by atoms with van der Waals surface area (Å²) in [4.78, 5) is 12.3. The summed E-state index contributed by atoms with van der Waals surface area (Å²) in [5.74, 6) is -0.162. The summed E-state index contributed by atoms with van der Waals surface area (Å²) in [6.45, 7) is 0.446. The molecule has 0 atom stereocenters. The quantitative estimate of drug-likeness (QED) is 0.580. The summed E-state index contributed by atoms with van der Waals surface area (Å²) in [7, 11) is 0. The van der Waals surface area contributed by atoms with Crippen molar-refractivity contribution in [2.75, 3.05) is 5.32 Å². The van der Waals surface area contributed by atoms with E-state index in [0.29, 0.717) is 6.54 Å². The molecule has 0 saturated carbocycles. The Kier molecular flexibility index (Phi) is 5.68. The van der Waals surface area contributed by atoms with Crippen LogP contribution >= 0.6 is 0 Å². The molecule has 0 saturated heterocycles. The van der Waals surface area contributed by atoms with Crippen LogP contribution in [0, 0.1) is 0 Å². The molecule has 29 heavy (non-hydrogen) atoms. The predicted octanol–water partition coefficient (Wildman–Crippen LogP) is 5.42. The molecule has 0 unspecified atom stereocenters. The monoisotopic (exact) mass is 380 g/mol. The first kappa shape index (κ1) is 18.9. The van der Waals surface area contributed by atoms with Crippen molar-refractivity contribution in [1.82, 2.24) is 0 Å². The van der Waals surface area contributed by atoms with Crippen molar-refractivity contribution in [2.24, 2.45) is 5.73 Å². The molecule has 0 aliphatic heterocycles. The lowest BCUT2D eigenvalue weighted by atomic mass is 9.90. The lowest BCUT2D eigenvalue weighted by molar-refractivity contribution is -0.111. The van der Waals surface area contributed by atoms with E-state index in [0.717, 1.165) is 35.2 Å². The first-order valence-electron chi connectivity index (χ1n) is 9.90. The smallest absolute Gasteiger partial charge is 0.248 e. The summed E-state index contributed by atoms with van der Waals surface area (Å²) in [5, 5.41) is 2.92. The number of fused-ring (bicyclic) bond motifs is 1. The highest BCUT2D eigenvalue weighted by molar-refractivity contribution is 6.02. The van der Waals surface area contributed by atoms with Gasteiger partial charge in [0.25, 0.3) is 0 Å². The Hall–Kier alpha value is -3.43. The average molecular weight is 380 g/mol. The number of anilines is 1. The van der Waals surface area contributed by atoms with Gasteiger partial charge in [0.2, 0.25) is 5.91 Å². The number of amides is 1. The van der Waals surface area contributed by atoms with Gasteiger partial charge < -0.3 is 11.1 Å². The summed E-state index contributed by atoms with van der Waals surface area (Å²) in [6.07, 6.45) is 9.98. The summed E-state index contributed by atoms with van der Waals surface area (Å²) < 4.78 is 0. The van der Waals surface area contributed by atoms with Crippen LogP contribution in [0.5, 0.6) is 0 Å². The van der Waals surface area contributed by atoms with E-state index in [1.807, 2.05) is 36.4 Å². The zero-order chi connectivity index (χ0) is 20.1. The molecule has 0 bridgehead atoms. The summed E-state index contributed by atoms with van der Waals surface area (Å²) >= 11 is 0. The number of carbonyl (C=O) groups is 1. The molecule has 1 amide bonds. The van der Waals surface area contributed by atoms with Crippen molar-refractivity contribution in [3.05, 3.63) is 101 Å². The maximum absolute atomic E-state index is 12.3. The number of benzene rings is 3. The van der Waals surface area contributed by atoms with Gasteiger partial charge in [-0.2, -0.15) is 0 Å². The molecule has 3 nitrogen and oxygen atoms in total. The Balaban J connectivity index is 1.47. The fraction of sp³-hybridized carbons (Fsp3) is 0.115. The van der Waals surface area contributed by atoms with Gasteiger partial charge >= 0.3 is 0 Å². The Morgan fingerprint density at radius 2 is 1.83 bits per heavy atom. The van der Waals surface area contributed by atoms with Gasteiger partial charge in [0.1, 0.15) is 0 Å². The van der Waals surface area contributed by atoms with Crippen LogP contribution in [0.15, 0.2) is 78.9 Å². The van der Waals surface area contributed by atoms with Crippen molar-refractivity contribution >= 4 is 23.7 Å². The minimum absolute atomic E-state index is 0.162. The molecule has 3 heteroatoms. The number of aryl methyl sites for hydroxylation is 1. The molecular formula is C26H24N2O. The summed E-state index contributed by atoms with van der Waals surface area (Å²) in [6, 6.07) is 22.3. The van der Waals surface area contributed by atoms with Crippen LogP contribution in [0.1, 0.15) is 28.7 Å². The minimum atomic E-state index is -0.162. The second-order valence-electron chi connectivity index (χ2n) is 7.12. The van der Waals surface area contributed by atoms with E-state index in [9.17, 15) is 4.79 Å². The van der Waals surface area contributed by atoms with Crippen molar-refractivity contribution in [3.8, 4) is 11.1 Å². The highest BCUT2D eigenvalue weighted by atomic mass is 16.1. The van der Waals surface area contributed by atoms with Crippen LogP contribution in [-0.4, -0.2) is 5.91 Å². The average Bonchev–Trinajstić information content (AvgIpc) is 2.78. The number of hydrogen-bond donors (Lipinski definition) is 2. The van der Waals surface area contributed by atoms with Crippen LogP contribution in [-0.2, 0) is 17.8 Å². The van der Waals surface area contributed by atoms with E-state index in [1.165, 1.54) is 16.7 Å². The minimum Gasteiger partial charge on any atom is -0.326 e. The first-order chi connectivity index (χ1) is 14.2. The maximum atomic E-state index is 12.3. The lowest BCUT2D eigenvalue weighted by Crippen LogP contribution is -2.07. The number of nitrogens with one attached hydrogen (secondary N) is 1. The molecule has 3 aromatic carbocycles. The molecule has 4 rings (SSSR count). The highest BCUT2D eigenvalue weighted by Gasteiger charge is 2.10. The van der Waals surface area contributed by atoms with Crippen LogP contribution < -0.4 is 11.1 Å². The molecule has 3 N–H and O–H groups in total. The van der Waals surface area contributed by atoms with E-state index in [-0.39, 0.29) is 5.91 Å². The van der Waals surface area contributed by atoms with E-state index in [4.69, 9.17) is 5.73 Å². The molecular weight excluding hydrogens is 356 g/mol. The van der Waals surface area contributed by atoms with Crippen LogP contribution in [0.25, 0.3) is 23.3 Å². The number of hydrogen-bond acceptors (Lipinski definition) is 2. The van der Waals surface area contributed by atoms with Crippen molar-refractivity contribution < 1.29 is 4.79 Å². The van der Waals surface area contributed by atoms with Crippen molar-refractivity contribution in [2.45, 2.75) is 19.4 Å². The summed E-state index contributed by atoms with van der Waals surface area (Å²) in [5.41, 5.74) is 13.6. The van der Waals surface area contributed by atoms with Gasteiger partial charge in [0.05, 0.1) is 0 Å². The Labute approximate surface area is 171 Å². The standard InChI is InChI=1S/C26H24N2O/c27-18-22-8-2-1-6-19(22)14-17-26(29)28-23-15-12-21(13-16-23)25-11-5-9-20-7-3-4-10-24(20)25/h1-2,4-6,8-17H,3,7,18,27H2,(H,28,29). The van der Waals surface area contributed by atoms with Gasteiger partial charge in [0, 0.05) is 18.3 Å². The third-order valence-electron chi connectivity index (χ3n) is 5.21. The molecule has 0 spiro atoms. The number of nitrogens with two attached hydrogens (primary N) is 1. The molecule has 144 valence electrons. The molecule has 1 aliphatic rings. The third-order valence-corrected chi connectivity index (χ3v) is 5.21. The largest absolute Gasteiger partial charge is 0.326 e. The van der Waals surface area contributed by atoms with E-state index >= 15 is 0 Å². The Morgan fingerprint density at radius 1 is 1.00 bits per heavy atom. The second-order valence-corrected chi connectivity index (χ2v) is 7.12. The number of carbonyl (C=O) groups excluding carboxylic acids is 1. The van der Waals surface area contributed by atoms with Gasteiger partial charge in [-0.1, -0.05) is 66.7 Å². The Morgan fingerprint density at radius 3 is 2.66 bits per heavy atom. The van der Waals surface area contributed by atoms with Gasteiger partial charge in [0.15, 0.2) is 0 Å². The van der Waals surface area contributed by atoms with Gasteiger partial charge in [-0.15, -0.1) is 0 Å². The van der Waals surface area contributed by atoms with Crippen LogP contribution in [0.4, 0.5) is 5.69 Å². The molecule has 0 radical (unpaired) electrons. The molecule has 3 aromatic rings. The van der Waals surface area contributed by atoms with Crippen molar-refractivity contribution in [3.63, 3.8) is 0 Å². The Bertz CT molecular complexity index is 1080. The fourth-order valence-electron chi connectivity index (χ4n) is 3.68. The number of allylic oxidation sites excluding steroid dienone is 1. The zero-order valence-corrected chi connectivity index (χ0v) is 16.3.